The van der Waals surface area contributed by atoms with Gasteiger partial charge in [0.1, 0.15) is 0 Å². The molecule has 16 heavy (non-hydrogen) atoms. The first kappa shape index (κ1) is 11.2. The Morgan fingerprint density at radius 2 is 2.00 bits per heavy atom. The van der Waals surface area contributed by atoms with Gasteiger partial charge in [-0.1, -0.05) is 18.6 Å². The predicted molar refractivity (Wildman–Crippen MR) is 69.9 cm³/mol. The van der Waals surface area contributed by atoms with E-state index in [1.165, 1.54) is 33.3 Å². The second-order valence-corrected chi connectivity index (χ2v) is 4.47. The van der Waals surface area contributed by atoms with Crippen molar-refractivity contribution in [2.24, 2.45) is 0 Å². The molecule has 0 aliphatic heterocycles. The molecule has 0 unspecified atom stereocenters. The van der Waals surface area contributed by atoms with Gasteiger partial charge in [-0.3, -0.25) is 0 Å². The Hall–Kier alpha value is -1.28. The summed E-state index contributed by atoms with van der Waals surface area (Å²) in [5.41, 5.74) is 6.76. The van der Waals surface area contributed by atoms with E-state index in [0.717, 1.165) is 13.0 Å². The molecule has 86 valence electrons. The van der Waals surface area contributed by atoms with Crippen LogP contribution in [0, 0.1) is 13.8 Å². The minimum atomic E-state index is 0.913. The fourth-order valence-corrected chi connectivity index (χ4v) is 2.49. The summed E-state index contributed by atoms with van der Waals surface area (Å²) in [6.07, 6.45) is 1.08. The van der Waals surface area contributed by atoms with E-state index in [0.29, 0.717) is 0 Å². The Morgan fingerprint density at radius 3 is 2.62 bits per heavy atom. The van der Waals surface area contributed by atoms with Crippen molar-refractivity contribution in [1.82, 2.24) is 10.3 Å². The maximum Gasteiger partial charge on any atom is 0.0489 e. The highest BCUT2D eigenvalue weighted by molar-refractivity contribution is 5.88. The average molecular weight is 216 g/mol. The molecule has 0 saturated heterocycles. The lowest BCUT2D eigenvalue weighted by atomic mass is 10.0. The van der Waals surface area contributed by atoms with Gasteiger partial charge in [0.2, 0.25) is 0 Å². The third kappa shape index (κ3) is 1.74. The molecule has 0 spiro atoms. The Morgan fingerprint density at radius 1 is 1.25 bits per heavy atom. The van der Waals surface area contributed by atoms with Crippen molar-refractivity contribution >= 4 is 10.9 Å². The van der Waals surface area contributed by atoms with Crippen LogP contribution in [0.1, 0.15) is 29.3 Å². The van der Waals surface area contributed by atoms with E-state index in [1.54, 1.807) is 0 Å². The zero-order chi connectivity index (χ0) is 11.7. The minimum Gasteiger partial charge on any atom is -0.357 e. The molecule has 0 bridgehead atoms. The number of benzene rings is 1. The van der Waals surface area contributed by atoms with Crippen LogP contribution in [-0.2, 0) is 13.0 Å². The van der Waals surface area contributed by atoms with E-state index in [-0.39, 0.29) is 0 Å². The molecule has 2 aromatic rings. The Labute approximate surface area is 97.1 Å². The largest absolute Gasteiger partial charge is 0.357 e. The molecule has 0 saturated carbocycles. The molecule has 2 N–H and O–H groups in total. The smallest absolute Gasteiger partial charge is 0.0489 e. The van der Waals surface area contributed by atoms with Crippen LogP contribution < -0.4 is 5.32 Å². The molecule has 0 radical (unpaired) electrons. The quantitative estimate of drug-likeness (QED) is 0.811. The summed E-state index contributed by atoms with van der Waals surface area (Å²) in [7, 11) is 1.99. The van der Waals surface area contributed by atoms with Gasteiger partial charge in [-0.05, 0) is 44.5 Å². The second kappa shape index (κ2) is 4.30. The van der Waals surface area contributed by atoms with Gasteiger partial charge >= 0.3 is 0 Å². The van der Waals surface area contributed by atoms with Crippen LogP contribution in [0.25, 0.3) is 10.9 Å². The van der Waals surface area contributed by atoms with Gasteiger partial charge in [0.05, 0.1) is 0 Å². The highest BCUT2D eigenvalue weighted by Crippen LogP contribution is 2.26. The summed E-state index contributed by atoms with van der Waals surface area (Å²) in [4.78, 5) is 3.55. The number of aromatic amines is 1. The highest BCUT2D eigenvalue weighted by atomic mass is 14.9. The fraction of sp³-hybridized carbons (Fsp3) is 0.429. The number of aryl methyl sites for hydroxylation is 3. The van der Waals surface area contributed by atoms with Crippen LogP contribution in [0.2, 0.25) is 0 Å². The number of nitrogens with one attached hydrogen (secondary N) is 2. The van der Waals surface area contributed by atoms with Crippen LogP contribution in [0.4, 0.5) is 0 Å². The molecular formula is C14H20N2. The van der Waals surface area contributed by atoms with Crippen molar-refractivity contribution in [2.75, 3.05) is 7.05 Å². The fourth-order valence-electron chi connectivity index (χ4n) is 2.49. The van der Waals surface area contributed by atoms with E-state index in [4.69, 9.17) is 0 Å². The van der Waals surface area contributed by atoms with E-state index >= 15 is 0 Å². The van der Waals surface area contributed by atoms with Crippen molar-refractivity contribution in [3.63, 3.8) is 0 Å². The summed E-state index contributed by atoms with van der Waals surface area (Å²) < 4.78 is 0. The first-order valence-corrected chi connectivity index (χ1v) is 5.92. The summed E-state index contributed by atoms with van der Waals surface area (Å²) in [5, 5.41) is 4.62. The highest BCUT2D eigenvalue weighted by Gasteiger charge is 2.10. The summed E-state index contributed by atoms with van der Waals surface area (Å²) in [6.45, 7) is 7.47. The summed E-state index contributed by atoms with van der Waals surface area (Å²) >= 11 is 0. The van der Waals surface area contributed by atoms with E-state index in [9.17, 15) is 0 Å². The van der Waals surface area contributed by atoms with Crippen LogP contribution >= 0.6 is 0 Å². The third-order valence-electron chi connectivity index (χ3n) is 3.15. The predicted octanol–water partition coefficient (Wildman–Crippen LogP) is 3.07. The average Bonchev–Trinajstić information content (AvgIpc) is 2.56. The van der Waals surface area contributed by atoms with Gasteiger partial charge in [0.25, 0.3) is 0 Å². The molecule has 0 aliphatic carbocycles. The standard InChI is InChI=1S/C14H20N2/c1-5-11-12-7-9(2)6-10(3)14(12)16-13(11)8-15-4/h6-7,15-16H,5,8H2,1-4H3. The number of H-pyrrole nitrogens is 1. The first-order valence-electron chi connectivity index (χ1n) is 5.92. The van der Waals surface area contributed by atoms with Crippen LogP contribution in [0.15, 0.2) is 12.1 Å². The zero-order valence-electron chi connectivity index (χ0n) is 10.6. The van der Waals surface area contributed by atoms with Crippen molar-refractivity contribution < 1.29 is 0 Å². The van der Waals surface area contributed by atoms with Gasteiger partial charge in [-0.15, -0.1) is 0 Å². The van der Waals surface area contributed by atoms with Crippen molar-refractivity contribution in [3.8, 4) is 0 Å². The molecule has 0 atom stereocenters. The lowest BCUT2D eigenvalue weighted by Crippen LogP contribution is -2.07. The number of hydrogen-bond donors (Lipinski definition) is 2. The van der Waals surface area contributed by atoms with Gasteiger partial charge in [0, 0.05) is 23.1 Å². The van der Waals surface area contributed by atoms with Crippen LogP contribution in [0.3, 0.4) is 0 Å². The Balaban J connectivity index is 2.71. The zero-order valence-corrected chi connectivity index (χ0v) is 10.6. The SMILES string of the molecule is CCc1c(CNC)[nH]c2c(C)cc(C)cc12. The number of aromatic nitrogens is 1. The molecule has 0 amide bonds. The van der Waals surface area contributed by atoms with Crippen molar-refractivity contribution in [1.29, 1.82) is 0 Å². The molecule has 2 heteroatoms. The topological polar surface area (TPSA) is 27.8 Å². The summed E-state index contributed by atoms with van der Waals surface area (Å²) in [6, 6.07) is 4.53. The number of hydrogen-bond acceptors (Lipinski definition) is 1. The monoisotopic (exact) mass is 216 g/mol. The summed E-state index contributed by atoms with van der Waals surface area (Å²) in [5.74, 6) is 0. The molecular weight excluding hydrogens is 196 g/mol. The molecule has 1 heterocycles. The van der Waals surface area contributed by atoms with Crippen LogP contribution in [-0.4, -0.2) is 12.0 Å². The molecule has 0 fully saturated rings. The minimum absolute atomic E-state index is 0.913. The second-order valence-electron chi connectivity index (χ2n) is 4.47. The van der Waals surface area contributed by atoms with E-state index < -0.39 is 0 Å². The number of rotatable bonds is 3. The Kier molecular flexibility index (Phi) is 3.01. The van der Waals surface area contributed by atoms with E-state index in [1.807, 2.05) is 7.05 Å². The molecule has 1 aromatic heterocycles. The molecule has 2 rings (SSSR count). The molecule has 2 nitrogen and oxygen atoms in total. The van der Waals surface area contributed by atoms with Gasteiger partial charge in [-0.2, -0.15) is 0 Å². The number of fused-ring (bicyclic) bond motifs is 1. The lowest BCUT2D eigenvalue weighted by Gasteiger charge is -2.01. The molecule has 0 aliphatic rings. The maximum atomic E-state index is 3.55. The first-order chi connectivity index (χ1) is 7.67. The Bertz CT molecular complexity index is 509. The molecule has 1 aromatic carbocycles. The van der Waals surface area contributed by atoms with Gasteiger partial charge in [-0.25, -0.2) is 0 Å². The van der Waals surface area contributed by atoms with Gasteiger partial charge in [0.15, 0.2) is 0 Å². The third-order valence-corrected chi connectivity index (χ3v) is 3.15. The van der Waals surface area contributed by atoms with Crippen LogP contribution in [0.5, 0.6) is 0 Å². The normalized spacial score (nSPS) is 11.2. The maximum absolute atomic E-state index is 3.55. The van der Waals surface area contributed by atoms with Crippen molar-refractivity contribution in [2.45, 2.75) is 33.7 Å². The van der Waals surface area contributed by atoms with Crippen molar-refractivity contribution in [3.05, 3.63) is 34.5 Å². The lowest BCUT2D eigenvalue weighted by molar-refractivity contribution is 0.788. The van der Waals surface area contributed by atoms with E-state index in [2.05, 4.69) is 43.2 Å². The van der Waals surface area contributed by atoms with Gasteiger partial charge < -0.3 is 10.3 Å².